The van der Waals surface area contributed by atoms with E-state index in [-0.39, 0.29) is 18.4 Å². The Morgan fingerprint density at radius 1 is 1.40 bits per heavy atom. The summed E-state index contributed by atoms with van der Waals surface area (Å²) in [6, 6.07) is 9.18. The zero-order valence-corrected chi connectivity index (χ0v) is 12.9. The zero-order chi connectivity index (χ0) is 14.7. The Morgan fingerprint density at radius 3 is 2.75 bits per heavy atom. The Balaban J connectivity index is 2.15. The number of amides is 1. The molecule has 0 saturated carbocycles. The van der Waals surface area contributed by atoms with Crippen molar-refractivity contribution in [3.05, 3.63) is 50.7 Å². The number of carbonyl (C=O) groups excluding carboxylic acids is 1. The van der Waals surface area contributed by atoms with Crippen molar-refractivity contribution in [2.45, 2.75) is 26.4 Å². The van der Waals surface area contributed by atoms with E-state index in [1.165, 1.54) is 11.3 Å². The first kappa shape index (κ1) is 15.0. The number of thiophene rings is 1. The van der Waals surface area contributed by atoms with Gasteiger partial charge in [0.25, 0.3) is 0 Å². The van der Waals surface area contributed by atoms with E-state index in [9.17, 15) is 4.79 Å². The van der Waals surface area contributed by atoms with Gasteiger partial charge >= 0.3 is 0 Å². The number of nitrogens with one attached hydrogen (secondary N) is 1. The number of carbonyl (C=O) groups is 1. The van der Waals surface area contributed by atoms with Gasteiger partial charge in [0.1, 0.15) is 0 Å². The molecule has 2 aromatic rings. The summed E-state index contributed by atoms with van der Waals surface area (Å²) in [6.45, 7) is 3.73. The van der Waals surface area contributed by atoms with Gasteiger partial charge in [0.2, 0.25) is 5.91 Å². The molecule has 2 N–H and O–H groups in total. The van der Waals surface area contributed by atoms with Crippen molar-refractivity contribution in [3.63, 3.8) is 0 Å². The summed E-state index contributed by atoms with van der Waals surface area (Å²) in [6.07, 6.45) is 0. The number of rotatable bonds is 4. The third-order valence-corrected chi connectivity index (χ3v) is 4.57. The fourth-order valence-corrected chi connectivity index (χ4v) is 2.94. The second kappa shape index (κ2) is 6.39. The van der Waals surface area contributed by atoms with E-state index in [4.69, 9.17) is 16.7 Å². The summed E-state index contributed by atoms with van der Waals surface area (Å²) in [7, 11) is 0. The third-order valence-electron chi connectivity index (χ3n) is 3.16. The lowest BCUT2D eigenvalue weighted by atomic mass is 10.1. The zero-order valence-electron chi connectivity index (χ0n) is 11.3. The standard InChI is InChI=1S/C15H16ClNO2S/c1-9-3-4-11(8-18)7-12(9)17-15(19)10(2)13-5-6-14(16)20-13/h3-7,10,18H,8H2,1-2H3,(H,17,19). The quantitative estimate of drug-likeness (QED) is 0.898. The predicted molar refractivity (Wildman–Crippen MR) is 83.5 cm³/mol. The van der Waals surface area contributed by atoms with Crippen molar-refractivity contribution in [1.29, 1.82) is 0 Å². The summed E-state index contributed by atoms with van der Waals surface area (Å²) in [5.74, 6) is -0.341. The molecule has 1 aromatic carbocycles. The lowest BCUT2D eigenvalue weighted by Crippen LogP contribution is -2.18. The number of aliphatic hydroxyl groups excluding tert-OH is 1. The Labute approximate surface area is 127 Å². The van der Waals surface area contributed by atoms with Gasteiger partial charge in [0.05, 0.1) is 16.9 Å². The first-order chi connectivity index (χ1) is 9.51. The predicted octanol–water partition coefficient (Wildman–Crippen LogP) is 3.94. The number of halogens is 1. The molecular formula is C15H16ClNO2S. The number of aliphatic hydroxyl groups is 1. The maximum atomic E-state index is 12.3. The van der Waals surface area contributed by atoms with Crippen molar-refractivity contribution in [3.8, 4) is 0 Å². The van der Waals surface area contributed by atoms with Gasteiger partial charge in [-0.15, -0.1) is 11.3 Å². The molecule has 2 rings (SSSR count). The van der Waals surface area contributed by atoms with E-state index in [1.807, 2.05) is 32.0 Å². The van der Waals surface area contributed by atoms with E-state index in [0.29, 0.717) is 4.34 Å². The topological polar surface area (TPSA) is 49.3 Å². The van der Waals surface area contributed by atoms with Gasteiger partial charge in [0, 0.05) is 10.6 Å². The largest absolute Gasteiger partial charge is 0.392 e. The maximum absolute atomic E-state index is 12.3. The van der Waals surface area contributed by atoms with Crippen molar-refractivity contribution in [2.24, 2.45) is 0 Å². The minimum atomic E-state index is -0.260. The molecule has 5 heteroatoms. The molecule has 0 fully saturated rings. The molecule has 0 bridgehead atoms. The molecule has 106 valence electrons. The first-order valence-corrected chi connectivity index (χ1v) is 7.47. The van der Waals surface area contributed by atoms with Gasteiger partial charge in [-0.2, -0.15) is 0 Å². The van der Waals surface area contributed by atoms with E-state index in [1.54, 1.807) is 12.1 Å². The summed E-state index contributed by atoms with van der Waals surface area (Å²) < 4.78 is 0.679. The summed E-state index contributed by atoms with van der Waals surface area (Å²) in [4.78, 5) is 13.2. The normalized spacial score (nSPS) is 12.2. The molecule has 1 amide bonds. The SMILES string of the molecule is Cc1ccc(CO)cc1NC(=O)C(C)c1ccc(Cl)s1. The molecule has 1 unspecified atom stereocenters. The minimum Gasteiger partial charge on any atom is -0.392 e. The highest BCUT2D eigenvalue weighted by molar-refractivity contribution is 7.16. The minimum absolute atomic E-state index is 0.0424. The highest BCUT2D eigenvalue weighted by Gasteiger charge is 2.18. The number of anilines is 1. The molecule has 0 aliphatic carbocycles. The third kappa shape index (κ3) is 3.39. The molecule has 1 aromatic heterocycles. The van der Waals surface area contributed by atoms with Gasteiger partial charge in [-0.05, 0) is 43.2 Å². The molecule has 0 saturated heterocycles. The van der Waals surface area contributed by atoms with Crippen molar-refractivity contribution in [1.82, 2.24) is 0 Å². The van der Waals surface area contributed by atoms with Gasteiger partial charge in [-0.25, -0.2) is 0 Å². The van der Waals surface area contributed by atoms with E-state index < -0.39 is 0 Å². The number of hydrogen-bond acceptors (Lipinski definition) is 3. The Kier molecular flexibility index (Phi) is 4.81. The molecule has 3 nitrogen and oxygen atoms in total. The van der Waals surface area contributed by atoms with Crippen LogP contribution in [0.2, 0.25) is 4.34 Å². The number of benzene rings is 1. The smallest absolute Gasteiger partial charge is 0.232 e. The van der Waals surface area contributed by atoms with Gasteiger partial charge in [0.15, 0.2) is 0 Å². The van der Waals surface area contributed by atoms with Crippen molar-refractivity contribution >= 4 is 34.5 Å². The van der Waals surface area contributed by atoms with Crippen LogP contribution in [0.4, 0.5) is 5.69 Å². The number of aryl methyl sites for hydroxylation is 1. The molecule has 0 aliphatic heterocycles. The van der Waals surface area contributed by atoms with Crippen LogP contribution in [0.15, 0.2) is 30.3 Å². The molecule has 1 atom stereocenters. The van der Waals surface area contributed by atoms with E-state index in [0.717, 1.165) is 21.7 Å². The van der Waals surface area contributed by atoms with Gasteiger partial charge in [-0.3, -0.25) is 4.79 Å². The summed E-state index contributed by atoms with van der Waals surface area (Å²) >= 11 is 7.30. The second-order valence-corrected chi connectivity index (χ2v) is 6.41. The molecule has 1 heterocycles. The van der Waals surface area contributed by atoms with Crippen molar-refractivity contribution in [2.75, 3.05) is 5.32 Å². The second-order valence-electron chi connectivity index (χ2n) is 4.66. The average Bonchev–Trinajstić information content (AvgIpc) is 2.87. The summed E-state index contributed by atoms with van der Waals surface area (Å²) in [5, 5.41) is 12.1. The van der Waals surface area contributed by atoms with Crippen LogP contribution in [0.3, 0.4) is 0 Å². The van der Waals surface area contributed by atoms with Crippen LogP contribution in [0.5, 0.6) is 0 Å². The molecular weight excluding hydrogens is 294 g/mol. The lowest BCUT2D eigenvalue weighted by Gasteiger charge is -2.13. The summed E-state index contributed by atoms with van der Waals surface area (Å²) in [5.41, 5.74) is 2.47. The van der Waals surface area contributed by atoms with Crippen LogP contribution >= 0.6 is 22.9 Å². The van der Waals surface area contributed by atoms with Gasteiger partial charge in [-0.1, -0.05) is 23.7 Å². The fraction of sp³-hybridized carbons (Fsp3) is 0.267. The van der Waals surface area contributed by atoms with Crippen LogP contribution < -0.4 is 5.32 Å². The lowest BCUT2D eigenvalue weighted by molar-refractivity contribution is -0.117. The number of hydrogen-bond donors (Lipinski definition) is 2. The van der Waals surface area contributed by atoms with Crippen LogP contribution in [-0.4, -0.2) is 11.0 Å². The van der Waals surface area contributed by atoms with Crippen LogP contribution in [0.25, 0.3) is 0 Å². The molecule has 0 spiro atoms. The fourth-order valence-electron chi connectivity index (χ4n) is 1.83. The van der Waals surface area contributed by atoms with Crippen LogP contribution in [0.1, 0.15) is 28.8 Å². The van der Waals surface area contributed by atoms with E-state index in [2.05, 4.69) is 5.32 Å². The van der Waals surface area contributed by atoms with E-state index >= 15 is 0 Å². The van der Waals surface area contributed by atoms with Crippen LogP contribution in [0, 0.1) is 6.92 Å². The molecule has 20 heavy (non-hydrogen) atoms. The Hall–Kier alpha value is -1.36. The van der Waals surface area contributed by atoms with Gasteiger partial charge < -0.3 is 10.4 Å². The first-order valence-electron chi connectivity index (χ1n) is 6.27. The Bertz CT molecular complexity index is 624. The highest BCUT2D eigenvalue weighted by Crippen LogP contribution is 2.29. The maximum Gasteiger partial charge on any atom is 0.232 e. The van der Waals surface area contributed by atoms with Crippen molar-refractivity contribution < 1.29 is 9.90 Å². The molecule has 0 radical (unpaired) electrons. The molecule has 0 aliphatic rings. The Morgan fingerprint density at radius 2 is 2.15 bits per heavy atom. The highest BCUT2D eigenvalue weighted by atomic mass is 35.5. The monoisotopic (exact) mass is 309 g/mol. The average molecular weight is 310 g/mol. The van der Waals surface area contributed by atoms with Crippen LogP contribution in [-0.2, 0) is 11.4 Å².